The van der Waals surface area contributed by atoms with Crippen LogP contribution >= 0.6 is 0 Å². The Bertz CT molecular complexity index is 230. The van der Waals surface area contributed by atoms with Gasteiger partial charge in [0.2, 0.25) is 5.79 Å². The van der Waals surface area contributed by atoms with E-state index in [4.69, 9.17) is 14.2 Å². The summed E-state index contributed by atoms with van der Waals surface area (Å²) in [4.78, 5) is 10.9. The zero-order chi connectivity index (χ0) is 12.0. The fraction of sp³-hybridized carbons (Fsp3) is 0.909. The molecular formula is C11H20O5. The van der Waals surface area contributed by atoms with E-state index in [-0.39, 0.29) is 5.97 Å². The van der Waals surface area contributed by atoms with Crippen molar-refractivity contribution in [1.29, 1.82) is 0 Å². The van der Waals surface area contributed by atoms with Crippen LogP contribution in [0.15, 0.2) is 0 Å². The van der Waals surface area contributed by atoms with E-state index in [0.29, 0.717) is 26.1 Å². The van der Waals surface area contributed by atoms with Gasteiger partial charge in [-0.15, -0.1) is 0 Å². The number of esters is 1. The molecule has 1 rings (SSSR count). The number of ether oxygens (including phenoxy) is 3. The molecule has 5 nitrogen and oxygen atoms in total. The monoisotopic (exact) mass is 232 g/mol. The van der Waals surface area contributed by atoms with Crippen LogP contribution in [0.3, 0.4) is 0 Å². The highest BCUT2D eigenvalue weighted by molar-refractivity contribution is 5.66. The van der Waals surface area contributed by atoms with Crippen LogP contribution in [-0.2, 0) is 19.0 Å². The van der Waals surface area contributed by atoms with Crippen LogP contribution < -0.4 is 0 Å². The van der Waals surface area contributed by atoms with E-state index in [0.717, 1.165) is 12.8 Å². The summed E-state index contributed by atoms with van der Waals surface area (Å²) in [5.74, 6) is -1.73. The summed E-state index contributed by atoms with van der Waals surface area (Å²) in [6.45, 7) is 2.05. The topological polar surface area (TPSA) is 65.0 Å². The Morgan fingerprint density at radius 2 is 2.19 bits per heavy atom. The second kappa shape index (κ2) is 6.18. The highest BCUT2D eigenvalue weighted by Crippen LogP contribution is 2.31. The molecule has 1 aliphatic carbocycles. The van der Waals surface area contributed by atoms with Crippen LogP contribution in [0.1, 0.15) is 32.6 Å². The molecule has 0 aliphatic heterocycles. The lowest BCUT2D eigenvalue weighted by molar-refractivity contribution is -0.277. The van der Waals surface area contributed by atoms with Crippen molar-refractivity contribution in [2.75, 3.05) is 20.3 Å². The van der Waals surface area contributed by atoms with Crippen molar-refractivity contribution < 1.29 is 24.1 Å². The lowest BCUT2D eigenvalue weighted by Gasteiger charge is -2.38. The second-order valence-corrected chi connectivity index (χ2v) is 4.03. The van der Waals surface area contributed by atoms with Gasteiger partial charge in [0.05, 0.1) is 13.2 Å². The maximum absolute atomic E-state index is 10.9. The first-order valence-electron chi connectivity index (χ1n) is 5.61. The standard InChI is InChI=1S/C11H20O5/c1-9(12)16-10-5-3-4-6-11(10,13)15-8-7-14-2/h10,13H,3-8H2,1-2H3. The van der Waals surface area contributed by atoms with Crippen molar-refractivity contribution in [3.63, 3.8) is 0 Å². The van der Waals surface area contributed by atoms with Gasteiger partial charge in [0.15, 0.2) is 6.10 Å². The number of hydrogen-bond donors (Lipinski definition) is 1. The minimum atomic E-state index is -1.34. The number of aliphatic hydroxyl groups is 1. The third-order valence-electron chi connectivity index (χ3n) is 2.70. The Morgan fingerprint density at radius 3 is 2.81 bits per heavy atom. The molecule has 0 amide bonds. The summed E-state index contributed by atoms with van der Waals surface area (Å²) >= 11 is 0. The zero-order valence-corrected chi connectivity index (χ0v) is 9.90. The van der Waals surface area contributed by atoms with Gasteiger partial charge in [-0.05, 0) is 19.3 Å². The molecule has 0 radical (unpaired) electrons. The van der Waals surface area contributed by atoms with Crippen LogP contribution in [0.5, 0.6) is 0 Å². The molecule has 0 aromatic carbocycles. The van der Waals surface area contributed by atoms with Gasteiger partial charge < -0.3 is 19.3 Å². The van der Waals surface area contributed by atoms with E-state index in [1.807, 2.05) is 0 Å². The molecule has 0 bridgehead atoms. The summed E-state index contributed by atoms with van der Waals surface area (Å²) in [6.07, 6.45) is 2.39. The van der Waals surface area contributed by atoms with Crippen molar-refractivity contribution in [3.8, 4) is 0 Å². The van der Waals surface area contributed by atoms with Crippen molar-refractivity contribution in [1.82, 2.24) is 0 Å². The number of hydrogen-bond acceptors (Lipinski definition) is 5. The van der Waals surface area contributed by atoms with Crippen molar-refractivity contribution >= 4 is 5.97 Å². The Labute approximate surface area is 95.7 Å². The van der Waals surface area contributed by atoms with Crippen LogP contribution in [0.2, 0.25) is 0 Å². The molecule has 1 fully saturated rings. The molecule has 2 atom stereocenters. The lowest BCUT2D eigenvalue weighted by atomic mass is 9.91. The van der Waals surface area contributed by atoms with Gasteiger partial charge in [-0.25, -0.2) is 0 Å². The third kappa shape index (κ3) is 3.73. The third-order valence-corrected chi connectivity index (χ3v) is 2.70. The summed E-state index contributed by atoms with van der Waals surface area (Å²) in [7, 11) is 1.57. The highest BCUT2D eigenvalue weighted by atomic mass is 16.7. The van der Waals surface area contributed by atoms with Gasteiger partial charge in [0.25, 0.3) is 0 Å². The smallest absolute Gasteiger partial charge is 0.303 e. The molecule has 16 heavy (non-hydrogen) atoms. The van der Waals surface area contributed by atoms with Crippen molar-refractivity contribution in [3.05, 3.63) is 0 Å². The Kier molecular flexibility index (Phi) is 5.18. The lowest BCUT2D eigenvalue weighted by Crippen LogP contribution is -2.49. The van der Waals surface area contributed by atoms with Crippen LogP contribution in [0.25, 0.3) is 0 Å². The fourth-order valence-electron chi connectivity index (χ4n) is 1.91. The Balaban J connectivity index is 2.52. The minimum absolute atomic E-state index is 0.296. The second-order valence-electron chi connectivity index (χ2n) is 4.03. The maximum atomic E-state index is 10.9. The van der Waals surface area contributed by atoms with E-state index in [1.165, 1.54) is 6.92 Å². The first kappa shape index (κ1) is 13.4. The predicted molar refractivity (Wildman–Crippen MR) is 56.8 cm³/mol. The molecule has 0 heterocycles. The molecule has 0 aromatic heterocycles. The average Bonchev–Trinajstić information content (AvgIpc) is 2.22. The van der Waals surface area contributed by atoms with Gasteiger partial charge in [0, 0.05) is 20.5 Å². The summed E-state index contributed by atoms with van der Waals surface area (Å²) < 4.78 is 15.3. The normalized spacial score (nSPS) is 30.1. The molecule has 94 valence electrons. The highest BCUT2D eigenvalue weighted by Gasteiger charge is 2.42. The first-order valence-corrected chi connectivity index (χ1v) is 5.61. The van der Waals surface area contributed by atoms with Gasteiger partial charge in [-0.2, -0.15) is 0 Å². The van der Waals surface area contributed by atoms with E-state index < -0.39 is 11.9 Å². The molecule has 0 saturated heterocycles. The number of carbonyl (C=O) groups excluding carboxylic acids is 1. The van der Waals surface area contributed by atoms with E-state index in [9.17, 15) is 9.90 Å². The summed E-state index contributed by atoms with van der Waals surface area (Å²) in [5.41, 5.74) is 0. The molecule has 2 unspecified atom stereocenters. The summed E-state index contributed by atoms with van der Waals surface area (Å²) in [5, 5.41) is 10.3. The number of rotatable bonds is 5. The molecule has 1 N–H and O–H groups in total. The summed E-state index contributed by atoms with van der Waals surface area (Å²) in [6, 6.07) is 0. The van der Waals surface area contributed by atoms with E-state index >= 15 is 0 Å². The van der Waals surface area contributed by atoms with Crippen LogP contribution in [0, 0.1) is 0 Å². The minimum Gasteiger partial charge on any atom is -0.457 e. The molecular weight excluding hydrogens is 212 g/mol. The SMILES string of the molecule is COCCOC1(O)CCCCC1OC(C)=O. The predicted octanol–water partition coefficient (Wildman–Crippen LogP) is 0.844. The molecule has 1 saturated carbocycles. The molecule has 0 aromatic rings. The van der Waals surface area contributed by atoms with E-state index in [1.54, 1.807) is 7.11 Å². The largest absolute Gasteiger partial charge is 0.457 e. The Morgan fingerprint density at radius 1 is 1.44 bits per heavy atom. The number of methoxy groups -OCH3 is 1. The zero-order valence-electron chi connectivity index (χ0n) is 9.90. The fourth-order valence-corrected chi connectivity index (χ4v) is 1.91. The van der Waals surface area contributed by atoms with Gasteiger partial charge >= 0.3 is 5.97 Å². The van der Waals surface area contributed by atoms with Crippen LogP contribution in [-0.4, -0.2) is 43.3 Å². The quantitative estimate of drug-likeness (QED) is 0.432. The molecule has 5 heteroatoms. The van der Waals surface area contributed by atoms with E-state index in [2.05, 4.69) is 0 Å². The Hall–Kier alpha value is -0.650. The first-order chi connectivity index (χ1) is 7.58. The van der Waals surface area contributed by atoms with Gasteiger partial charge in [-0.1, -0.05) is 0 Å². The van der Waals surface area contributed by atoms with Gasteiger partial charge in [-0.3, -0.25) is 4.79 Å². The average molecular weight is 232 g/mol. The number of carbonyl (C=O) groups is 1. The maximum Gasteiger partial charge on any atom is 0.303 e. The molecule has 1 aliphatic rings. The van der Waals surface area contributed by atoms with Crippen molar-refractivity contribution in [2.45, 2.75) is 44.5 Å². The van der Waals surface area contributed by atoms with Crippen LogP contribution in [0.4, 0.5) is 0 Å². The molecule has 0 spiro atoms. The van der Waals surface area contributed by atoms with Crippen molar-refractivity contribution in [2.24, 2.45) is 0 Å². The van der Waals surface area contributed by atoms with Gasteiger partial charge in [0.1, 0.15) is 0 Å².